The number of rotatable bonds is 7. The third-order valence-electron chi connectivity index (χ3n) is 5.63. The summed E-state index contributed by atoms with van der Waals surface area (Å²) in [4.78, 5) is 29.2. The molecule has 9 heteroatoms. The van der Waals surface area contributed by atoms with Crippen molar-refractivity contribution < 1.29 is 18.0 Å². The molecule has 1 unspecified atom stereocenters. The Balaban J connectivity index is 1.62. The number of hydrogen-bond donors (Lipinski definition) is 0. The van der Waals surface area contributed by atoms with Gasteiger partial charge in [-0.2, -0.15) is 0 Å². The summed E-state index contributed by atoms with van der Waals surface area (Å²) >= 11 is 6.61. The van der Waals surface area contributed by atoms with E-state index < -0.39 is 9.84 Å². The summed E-state index contributed by atoms with van der Waals surface area (Å²) in [5.41, 5.74) is 2.17. The molecule has 0 aliphatic carbocycles. The van der Waals surface area contributed by atoms with E-state index in [9.17, 15) is 18.0 Å². The maximum absolute atomic E-state index is 12.8. The molecule has 31 heavy (non-hydrogen) atoms. The minimum atomic E-state index is -3.07. The molecular formula is C22H28N2O4S3. The molecule has 6 nitrogen and oxygen atoms in total. The van der Waals surface area contributed by atoms with Crippen LogP contribution in [0, 0.1) is 0 Å². The van der Waals surface area contributed by atoms with Gasteiger partial charge in [-0.25, -0.2) is 8.42 Å². The maximum atomic E-state index is 12.8. The van der Waals surface area contributed by atoms with Gasteiger partial charge in [0.2, 0.25) is 5.91 Å². The molecule has 2 amide bonds. The van der Waals surface area contributed by atoms with E-state index in [1.54, 1.807) is 4.90 Å². The Morgan fingerprint density at radius 1 is 1.32 bits per heavy atom. The average molecular weight is 481 g/mol. The fraction of sp³-hybridized carbons (Fsp3) is 0.500. The highest BCUT2D eigenvalue weighted by atomic mass is 32.2. The Labute approximate surface area is 194 Å². The van der Waals surface area contributed by atoms with Crippen molar-refractivity contribution in [3.8, 4) is 0 Å². The molecule has 2 saturated heterocycles. The van der Waals surface area contributed by atoms with Crippen molar-refractivity contribution in [1.82, 2.24) is 9.80 Å². The fourth-order valence-electron chi connectivity index (χ4n) is 3.83. The summed E-state index contributed by atoms with van der Waals surface area (Å²) in [6, 6.07) is 7.81. The molecule has 2 heterocycles. The lowest BCUT2D eigenvalue weighted by Crippen LogP contribution is -2.42. The first-order chi connectivity index (χ1) is 14.6. The van der Waals surface area contributed by atoms with Gasteiger partial charge in [0.15, 0.2) is 9.84 Å². The van der Waals surface area contributed by atoms with Crippen molar-refractivity contribution in [2.24, 2.45) is 0 Å². The van der Waals surface area contributed by atoms with Crippen LogP contribution in [-0.2, 0) is 19.4 Å². The van der Waals surface area contributed by atoms with E-state index in [4.69, 9.17) is 12.2 Å². The van der Waals surface area contributed by atoms with Crippen LogP contribution in [0.4, 0.5) is 0 Å². The normalized spacial score (nSPS) is 22.0. The zero-order valence-electron chi connectivity index (χ0n) is 18.0. The SMILES string of the molecule is CCN(C(=O)CCN1C(=O)C(=Cc2ccc(C(C)C)cc2)SC1=S)C1CCS(=O)(=O)C1. The molecule has 0 bridgehead atoms. The van der Waals surface area contributed by atoms with Crippen molar-refractivity contribution >= 4 is 56.0 Å². The van der Waals surface area contributed by atoms with Gasteiger partial charge in [0.05, 0.1) is 16.4 Å². The van der Waals surface area contributed by atoms with Gasteiger partial charge in [-0.05, 0) is 36.5 Å². The summed E-state index contributed by atoms with van der Waals surface area (Å²) in [5, 5.41) is 0. The number of thioether (sulfide) groups is 1. The molecule has 0 N–H and O–H groups in total. The number of amides is 2. The number of benzene rings is 1. The molecule has 0 saturated carbocycles. The van der Waals surface area contributed by atoms with Crippen molar-refractivity contribution in [3.05, 3.63) is 40.3 Å². The standard InChI is InChI=1S/C22H28N2O4S3/c1-4-23(18-10-12-31(27,28)14-18)20(25)9-11-24-21(26)19(30-22(24)29)13-16-5-7-17(8-6-16)15(2)3/h5-8,13,15,18H,4,9-12,14H2,1-3H3. The monoisotopic (exact) mass is 480 g/mol. The number of hydrogen-bond acceptors (Lipinski definition) is 6. The summed E-state index contributed by atoms with van der Waals surface area (Å²) in [6.07, 6.45) is 2.42. The number of thiocarbonyl (C=S) groups is 1. The molecule has 0 spiro atoms. The molecule has 1 aromatic carbocycles. The molecule has 168 valence electrons. The largest absolute Gasteiger partial charge is 0.339 e. The van der Waals surface area contributed by atoms with Gasteiger partial charge in [0, 0.05) is 25.6 Å². The molecule has 1 atom stereocenters. The van der Waals surface area contributed by atoms with Crippen LogP contribution in [-0.4, -0.2) is 65.0 Å². The fourth-order valence-corrected chi connectivity index (χ4v) is 6.87. The van der Waals surface area contributed by atoms with Crippen molar-refractivity contribution in [2.75, 3.05) is 24.6 Å². The summed E-state index contributed by atoms with van der Waals surface area (Å²) in [6.45, 7) is 6.75. The van der Waals surface area contributed by atoms with Crippen LogP contribution in [0.25, 0.3) is 6.08 Å². The van der Waals surface area contributed by atoms with Crippen molar-refractivity contribution in [1.29, 1.82) is 0 Å². The van der Waals surface area contributed by atoms with Crippen LogP contribution in [0.2, 0.25) is 0 Å². The van der Waals surface area contributed by atoms with Crippen LogP contribution in [0.1, 0.15) is 50.7 Å². The summed E-state index contributed by atoms with van der Waals surface area (Å²) in [7, 11) is -3.07. The molecular weight excluding hydrogens is 452 g/mol. The third-order valence-corrected chi connectivity index (χ3v) is 8.76. The first kappa shape index (κ1) is 23.9. The van der Waals surface area contributed by atoms with Crippen LogP contribution < -0.4 is 0 Å². The van der Waals surface area contributed by atoms with E-state index in [2.05, 4.69) is 26.0 Å². The van der Waals surface area contributed by atoms with Gasteiger partial charge in [-0.1, -0.05) is 62.1 Å². The van der Waals surface area contributed by atoms with E-state index in [0.29, 0.717) is 28.1 Å². The van der Waals surface area contributed by atoms with E-state index in [1.807, 2.05) is 25.1 Å². The second kappa shape index (κ2) is 9.83. The zero-order valence-corrected chi connectivity index (χ0v) is 20.5. The molecule has 3 rings (SSSR count). The smallest absolute Gasteiger partial charge is 0.266 e. The van der Waals surface area contributed by atoms with Crippen molar-refractivity contribution in [2.45, 2.75) is 45.6 Å². The van der Waals surface area contributed by atoms with Gasteiger partial charge in [0.1, 0.15) is 4.32 Å². The Bertz CT molecular complexity index is 1000. The van der Waals surface area contributed by atoms with E-state index >= 15 is 0 Å². The maximum Gasteiger partial charge on any atom is 0.266 e. The van der Waals surface area contributed by atoms with Gasteiger partial charge < -0.3 is 4.90 Å². The number of carbonyl (C=O) groups is 2. The lowest BCUT2D eigenvalue weighted by Gasteiger charge is -2.27. The molecule has 0 radical (unpaired) electrons. The minimum absolute atomic E-state index is 0.0198. The molecule has 0 aromatic heterocycles. The Morgan fingerprint density at radius 3 is 2.55 bits per heavy atom. The number of sulfone groups is 1. The van der Waals surface area contributed by atoms with E-state index in [-0.39, 0.29) is 42.3 Å². The summed E-state index contributed by atoms with van der Waals surface area (Å²) < 4.78 is 24.0. The number of nitrogens with zero attached hydrogens (tertiary/aromatic N) is 2. The highest BCUT2D eigenvalue weighted by Crippen LogP contribution is 2.33. The van der Waals surface area contributed by atoms with Crippen LogP contribution in [0.15, 0.2) is 29.2 Å². The lowest BCUT2D eigenvalue weighted by molar-refractivity contribution is -0.133. The Morgan fingerprint density at radius 2 is 2.00 bits per heavy atom. The predicted molar refractivity (Wildman–Crippen MR) is 129 cm³/mol. The van der Waals surface area contributed by atoms with Crippen LogP contribution in [0.3, 0.4) is 0 Å². The predicted octanol–water partition coefficient (Wildman–Crippen LogP) is 3.44. The third kappa shape index (κ3) is 5.75. The quantitative estimate of drug-likeness (QED) is 0.440. The lowest BCUT2D eigenvalue weighted by atomic mass is 10.0. The number of carbonyl (C=O) groups excluding carboxylic acids is 2. The molecule has 1 aromatic rings. The molecule has 2 aliphatic rings. The van der Waals surface area contributed by atoms with E-state index in [0.717, 1.165) is 5.56 Å². The van der Waals surface area contributed by atoms with Gasteiger partial charge >= 0.3 is 0 Å². The highest BCUT2D eigenvalue weighted by Gasteiger charge is 2.35. The summed E-state index contributed by atoms with van der Waals surface area (Å²) in [5.74, 6) is 0.247. The highest BCUT2D eigenvalue weighted by molar-refractivity contribution is 8.26. The Kier molecular flexibility index (Phi) is 7.59. The molecule has 2 aliphatic heterocycles. The van der Waals surface area contributed by atoms with Crippen molar-refractivity contribution in [3.63, 3.8) is 0 Å². The second-order valence-corrected chi connectivity index (χ2v) is 12.0. The van der Waals surface area contributed by atoms with Crippen LogP contribution in [0.5, 0.6) is 0 Å². The van der Waals surface area contributed by atoms with Gasteiger partial charge in [-0.3, -0.25) is 14.5 Å². The van der Waals surface area contributed by atoms with Crippen LogP contribution >= 0.6 is 24.0 Å². The van der Waals surface area contributed by atoms with E-state index in [1.165, 1.54) is 22.2 Å². The first-order valence-electron chi connectivity index (χ1n) is 10.5. The average Bonchev–Trinajstić information content (AvgIpc) is 3.19. The second-order valence-electron chi connectivity index (χ2n) is 8.14. The minimum Gasteiger partial charge on any atom is -0.339 e. The Hall–Kier alpha value is -1.71. The first-order valence-corrected chi connectivity index (χ1v) is 13.5. The topological polar surface area (TPSA) is 74.8 Å². The molecule has 2 fully saturated rings. The zero-order chi connectivity index (χ0) is 22.8. The van der Waals surface area contributed by atoms with Gasteiger partial charge in [0.25, 0.3) is 5.91 Å². The van der Waals surface area contributed by atoms with Gasteiger partial charge in [-0.15, -0.1) is 0 Å².